The van der Waals surface area contributed by atoms with Crippen molar-refractivity contribution < 1.29 is 0 Å². The van der Waals surface area contributed by atoms with Crippen LogP contribution in [-0.4, -0.2) is 31.7 Å². The Bertz CT molecular complexity index is 412. The lowest BCUT2D eigenvalue weighted by molar-refractivity contribution is 0.604. The van der Waals surface area contributed by atoms with Gasteiger partial charge >= 0.3 is 0 Å². The summed E-state index contributed by atoms with van der Waals surface area (Å²) in [5.41, 5.74) is 1.28. The van der Waals surface area contributed by atoms with Crippen LogP contribution in [0.2, 0.25) is 5.15 Å². The molecule has 0 spiro atoms. The fourth-order valence-electron chi connectivity index (χ4n) is 1.44. The summed E-state index contributed by atoms with van der Waals surface area (Å²) in [6, 6.07) is 0.367. The number of hydrogen-bond acceptors (Lipinski definition) is 4. The van der Waals surface area contributed by atoms with Gasteiger partial charge in [-0.1, -0.05) is 35.4 Å². The first-order valence-corrected chi connectivity index (χ1v) is 7.40. The minimum Gasteiger partial charge on any atom is -0.354 e. The molecule has 1 rings (SSSR count). The molecule has 0 amide bonds. The van der Waals surface area contributed by atoms with E-state index in [-0.39, 0.29) is 0 Å². The smallest absolute Gasteiger partial charge is 0.186 e. The molecule has 1 aromatic heterocycles. The molecule has 0 aliphatic heterocycles. The van der Waals surface area contributed by atoms with Crippen molar-refractivity contribution >= 4 is 34.1 Å². The predicted octanol–water partition coefficient (Wildman–Crippen LogP) is 3.65. The van der Waals surface area contributed by atoms with E-state index < -0.39 is 0 Å². The van der Waals surface area contributed by atoms with E-state index in [4.69, 9.17) is 11.6 Å². The Labute approximate surface area is 119 Å². The van der Waals surface area contributed by atoms with Crippen LogP contribution in [0.4, 0.5) is 5.13 Å². The normalized spacial score (nSPS) is 13.8. The maximum Gasteiger partial charge on any atom is 0.186 e. The van der Waals surface area contributed by atoms with Gasteiger partial charge in [0.2, 0.25) is 0 Å². The van der Waals surface area contributed by atoms with Crippen LogP contribution >= 0.6 is 22.9 Å². The summed E-state index contributed by atoms with van der Waals surface area (Å²) in [4.78, 5) is 7.33. The van der Waals surface area contributed by atoms with Crippen molar-refractivity contribution in [3.05, 3.63) is 15.6 Å². The van der Waals surface area contributed by atoms with Crippen LogP contribution in [0.5, 0.6) is 0 Å². The number of aromatic nitrogens is 1. The van der Waals surface area contributed by atoms with Crippen LogP contribution in [-0.2, 0) is 0 Å². The zero-order valence-electron chi connectivity index (χ0n) is 11.7. The van der Waals surface area contributed by atoms with Crippen LogP contribution in [0.15, 0.2) is 5.57 Å². The Morgan fingerprint density at radius 1 is 1.56 bits per heavy atom. The Hall–Kier alpha value is -0.580. The average Bonchev–Trinajstić information content (AvgIpc) is 2.68. The third-order valence-corrected chi connectivity index (χ3v) is 4.29. The van der Waals surface area contributed by atoms with Crippen LogP contribution in [0.3, 0.4) is 0 Å². The fraction of sp³-hybridized carbons (Fsp3) is 0.615. The quantitative estimate of drug-likeness (QED) is 0.865. The van der Waals surface area contributed by atoms with E-state index in [9.17, 15) is 0 Å². The van der Waals surface area contributed by atoms with E-state index >= 15 is 0 Å². The molecule has 102 valence electrons. The standard InChI is InChI=1S/C13H22ClN3S/c1-6-7-15-10(3)9(2)8-11-12(14)16-13(18-11)17(4)5/h8,10,15H,6-7H2,1-5H3. The van der Waals surface area contributed by atoms with Crippen LogP contribution in [0, 0.1) is 0 Å². The second-order valence-electron chi connectivity index (χ2n) is 4.61. The second kappa shape index (κ2) is 7.12. The van der Waals surface area contributed by atoms with Crippen LogP contribution in [0.1, 0.15) is 32.1 Å². The second-order valence-corrected chi connectivity index (χ2v) is 5.98. The Kier molecular flexibility index (Phi) is 6.12. The van der Waals surface area contributed by atoms with Crippen molar-refractivity contribution in [2.45, 2.75) is 33.2 Å². The third kappa shape index (κ3) is 4.26. The van der Waals surface area contributed by atoms with E-state index in [1.165, 1.54) is 5.57 Å². The minimum absolute atomic E-state index is 0.367. The van der Waals surface area contributed by atoms with E-state index in [0.717, 1.165) is 23.0 Å². The summed E-state index contributed by atoms with van der Waals surface area (Å²) < 4.78 is 0. The molecule has 3 nitrogen and oxygen atoms in total. The van der Waals surface area contributed by atoms with Crippen molar-refractivity contribution in [2.75, 3.05) is 25.5 Å². The number of nitrogens with zero attached hydrogens (tertiary/aromatic N) is 2. The largest absolute Gasteiger partial charge is 0.354 e. The number of rotatable bonds is 6. The third-order valence-electron chi connectivity index (χ3n) is 2.72. The molecule has 0 saturated carbocycles. The van der Waals surface area contributed by atoms with Gasteiger partial charge in [0.25, 0.3) is 0 Å². The number of hydrogen-bond donors (Lipinski definition) is 1. The predicted molar refractivity (Wildman–Crippen MR) is 82.9 cm³/mol. The molecule has 0 fully saturated rings. The van der Waals surface area contributed by atoms with E-state index in [1.54, 1.807) is 11.3 Å². The Morgan fingerprint density at radius 3 is 2.72 bits per heavy atom. The van der Waals surface area contributed by atoms with Gasteiger partial charge in [-0.3, -0.25) is 0 Å². The Balaban J connectivity index is 2.81. The van der Waals surface area contributed by atoms with Gasteiger partial charge < -0.3 is 10.2 Å². The molecule has 1 atom stereocenters. The highest BCUT2D eigenvalue weighted by molar-refractivity contribution is 7.17. The molecule has 1 heterocycles. The van der Waals surface area contributed by atoms with Gasteiger partial charge in [0, 0.05) is 20.1 Å². The number of anilines is 1. The zero-order valence-corrected chi connectivity index (χ0v) is 13.3. The van der Waals surface area contributed by atoms with E-state index in [2.05, 4.69) is 37.1 Å². The van der Waals surface area contributed by atoms with Gasteiger partial charge in [-0.15, -0.1) is 0 Å². The molecule has 5 heteroatoms. The van der Waals surface area contributed by atoms with Gasteiger partial charge in [-0.2, -0.15) is 0 Å². The lowest BCUT2D eigenvalue weighted by Crippen LogP contribution is -2.27. The summed E-state index contributed by atoms with van der Waals surface area (Å²) in [6.45, 7) is 7.50. The molecule has 1 unspecified atom stereocenters. The summed E-state index contributed by atoms with van der Waals surface area (Å²) in [5, 5.41) is 4.99. The number of halogens is 1. The van der Waals surface area contributed by atoms with Crippen molar-refractivity contribution in [1.82, 2.24) is 10.3 Å². The minimum atomic E-state index is 0.367. The maximum atomic E-state index is 6.15. The number of nitrogens with one attached hydrogen (secondary N) is 1. The molecular formula is C13H22ClN3S. The first kappa shape index (κ1) is 15.5. The topological polar surface area (TPSA) is 28.2 Å². The van der Waals surface area contributed by atoms with Crippen molar-refractivity contribution in [2.24, 2.45) is 0 Å². The summed E-state index contributed by atoms with van der Waals surface area (Å²) in [7, 11) is 3.95. The first-order chi connectivity index (χ1) is 8.45. The molecule has 0 radical (unpaired) electrons. The van der Waals surface area contributed by atoms with Gasteiger partial charge in [-0.05, 0) is 32.9 Å². The van der Waals surface area contributed by atoms with E-state index in [1.807, 2.05) is 19.0 Å². The fourth-order valence-corrected chi connectivity index (χ4v) is 2.63. The molecule has 1 N–H and O–H groups in total. The molecule has 0 bridgehead atoms. The summed E-state index contributed by atoms with van der Waals surface area (Å²) >= 11 is 7.77. The van der Waals surface area contributed by atoms with Crippen molar-refractivity contribution in [3.8, 4) is 0 Å². The zero-order chi connectivity index (χ0) is 13.7. The number of thiazole rings is 1. The molecular weight excluding hydrogens is 266 g/mol. The molecule has 0 aliphatic rings. The highest BCUT2D eigenvalue weighted by Crippen LogP contribution is 2.30. The summed E-state index contributed by atoms with van der Waals surface area (Å²) in [6.07, 6.45) is 3.27. The van der Waals surface area contributed by atoms with Crippen molar-refractivity contribution in [3.63, 3.8) is 0 Å². The lowest BCUT2D eigenvalue weighted by Gasteiger charge is -2.13. The Morgan fingerprint density at radius 2 is 2.22 bits per heavy atom. The molecule has 0 aromatic carbocycles. The van der Waals surface area contributed by atoms with E-state index in [0.29, 0.717) is 11.2 Å². The van der Waals surface area contributed by atoms with Gasteiger partial charge in [-0.25, -0.2) is 4.98 Å². The van der Waals surface area contributed by atoms with Gasteiger partial charge in [0.05, 0.1) is 4.88 Å². The van der Waals surface area contributed by atoms with Crippen LogP contribution < -0.4 is 10.2 Å². The monoisotopic (exact) mass is 287 g/mol. The molecule has 1 aromatic rings. The summed E-state index contributed by atoms with van der Waals surface area (Å²) in [5.74, 6) is 0. The van der Waals surface area contributed by atoms with Gasteiger partial charge in [0.1, 0.15) is 5.15 Å². The molecule has 18 heavy (non-hydrogen) atoms. The lowest BCUT2D eigenvalue weighted by atomic mass is 10.1. The average molecular weight is 288 g/mol. The highest BCUT2D eigenvalue weighted by atomic mass is 35.5. The molecule has 0 saturated heterocycles. The SMILES string of the molecule is CCCNC(C)C(C)=Cc1sc(N(C)C)nc1Cl. The first-order valence-electron chi connectivity index (χ1n) is 6.21. The molecule has 0 aliphatic carbocycles. The highest BCUT2D eigenvalue weighted by Gasteiger charge is 2.10. The van der Waals surface area contributed by atoms with Gasteiger partial charge in [0.15, 0.2) is 5.13 Å². The van der Waals surface area contributed by atoms with Crippen molar-refractivity contribution in [1.29, 1.82) is 0 Å². The maximum absolute atomic E-state index is 6.15. The van der Waals surface area contributed by atoms with Crippen LogP contribution in [0.25, 0.3) is 6.08 Å².